The van der Waals surface area contributed by atoms with Crippen LogP contribution in [0.2, 0.25) is 0 Å². The van der Waals surface area contributed by atoms with Gasteiger partial charge in [-0.2, -0.15) is 0 Å². The van der Waals surface area contributed by atoms with E-state index in [1.165, 1.54) is 25.7 Å². The maximum absolute atomic E-state index is 12.6. The van der Waals surface area contributed by atoms with E-state index in [1.807, 2.05) is 6.92 Å². The standard InChI is InChI=1S/C17H32N2O2.ClH/c1-16(18)8-4-3-7-14(16)15(20)19-13-17(11-12-21-2)9-5-6-10-17;/h14H,3-13,18H2,1-2H3,(H,19,20);1H. The molecule has 2 fully saturated rings. The average Bonchev–Trinajstić information content (AvgIpc) is 2.91. The largest absolute Gasteiger partial charge is 0.385 e. The van der Waals surface area contributed by atoms with Gasteiger partial charge in [-0.1, -0.05) is 25.7 Å². The third-order valence-electron chi connectivity index (χ3n) is 5.71. The number of hydrogen-bond acceptors (Lipinski definition) is 3. The zero-order valence-corrected chi connectivity index (χ0v) is 15.0. The number of halogens is 1. The molecule has 0 saturated heterocycles. The lowest BCUT2D eigenvalue weighted by Crippen LogP contribution is -2.53. The van der Waals surface area contributed by atoms with Crippen LogP contribution < -0.4 is 11.1 Å². The van der Waals surface area contributed by atoms with Crippen LogP contribution in [0.15, 0.2) is 0 Å². The number of rotatable bonds is 6. The summed E-state index contributed by atoms with van der Waals surface area (Å²) in [6.45, 7) is 3.61. The Labute approximate surface area is 141 Å². The summed E-state index contributed by atoms with van der Waals surface area (Å²) in [6, 6.07) is 0. The molecule has 5 heteroatoms. The molecule has 4 nitrogen and oxygen atoms in total. The third-order valence-corrected chi connectivity index (χ3v) is 5.71. The van der Waals surface area contributed by atoms with Crippen LogP contribution in [0.5, 0.6) is 0 Å². The van der Waals surface area contributed by atoms with Crippen LogP contribution in [-0.4, -0.2) is 31.7 Å². The molecule has 0 aromatic heterocycles. The molecule has 3 N–H and O–H groups in total. The van der Waals surface area contributed by atoms with Crippen molar-refractivity contribution >= 4 is 18.3 Å². The lowest BCUT2D eigenvalue weighted by atomic mass is 9.74. The number of carbonyl (C=O) groups is 1. The predicted octanol–water partition coefficient (Wildman–Crippen LogP) is 3.03. The lowest BCUT2D eigenvalue weighted by Gasteiger charge is -2.38. The fourth-order valence-corrected chi connectivity index (χ4v) is 4.15. The van der Waals surface area contributed by atoms with Gasteiger partial charge in [-0.25, -0.2) is 0 Å². The maximum Gasteiger partial charge on any atom is 0.224 e. The Morgan fingerprint density at radius 3 is 2.45 bits per heavy atom. The first-order chi connectivity index (χ1) is 9.99. The molecule has 0 heterocycles. The van der Waals surface area contributed by atoms with Crippen molar-refractivity contribution in [2.24, 2.45) is 17.1 Å². The summed E-state index contributed by atoms with van der Waals surface area (Å²) in [5, 5.41) is 3.23. The van der Waals surface area contributed by atoms with E-state index in [4.69, 9.17) is 10.5 Å². The van der Waals surface area contributed by atoms with E-state index >= 15 is 0 Å². The van der Waals surface area contributed by atoms with Crippen molar-refractivity contribution in [3.05, 3.63) is 0 Å². The Kier molecular flexibility index (Phi) is 7.63. The molecule has 130 valence electrons. The number of ether oxygens (including phenoxy) is 1. The summed E-state index contributed by atoms with van der Waals surface area (Å²) in [7, 11) is 1.75. The SMILES string of the molecule is COCCC1(CNC(=O)C2CCCCC2(C)N)CCCC1.Cl. The minimum absolute atomic E-state index is 0. The third kappa shape index (κ3) is 4.84. The molecular weight excluding hydrogens is 300 g/mol. The molecule has 22 heavy (non-hydrogen) atoms. The van der Waals surface area contributed by atoms with E-state index in [9.17, 15) is 4.79 Å². The first-order valence-electron chi connectivity index (χ1n) is 8.55. The number of amides is 1. The van der Waals surface area contributed by atoms with Gasteiger partial charge >= 0.3 is 0 Å². The van der Waals surface area contributed by atoms with Crippen LogP contribution in [0.1, 0.15) is 64.7 Å². The fraction of sp³-hybridized carbons (Fsp3) is 0.941. The zero-order valence-electron chi connectivity index (χ0n) is 14.2. The van der Waals surface area contributed by atoms with E-state index in [0.717, 1.165) is 45.3 Å². The lowest BCUT2D eigenvalue weighted by molar-refractivity contribution is -0.128. The average molecular weight is 333 g/mol. The Balaban J connectivity index is 0.00000242. The van der Waals surface area contributed by atoms with Crippen molar-refractivity contribution in [2.75, 3.05) is 20.3 Å². The van der Waals surface area contributed by atoms with Crippen LogP contribution in [0, 0.1) is 11.3 Å². The molecule has 2 saturated carbocycles. The van der Waals surface area contributed by atoms with E-state index < -0.39 is 0 Å². The minimum Gasteiger partial charge on any atom is -0.385 e. The van der Waals surface area contributed by atoms with E-state index in [0.29, 0.717) is 0 Å². The van der Waals surface area contributed by atoms with Crippen LogP contribution >= 0.6 is 12.4 Å². The summed E-state index contributed by atoms with van der Waals surface area (Å²) in [6.07, 6.45) is 10.2. The summed E-state index contributed by atoms with van der Waals surface area (Å²) in [5.74, 6) is 0.149. The van der Waals surface area contributed by atoms with Crippen molar-refractivity contribution in [1.29, 1.82) is 0 Å². The molecule has 2 aliphatic carbocycles. The van der Waals surface area contributed by atoms with Gasteiger partial charge in [0.2, 0.25) is 5.91 Å². The summed E-state index contributed by atoms with van der Waals surface area (Å²) < 4.78 is 5.25. The Bertz CT molecular complexity index is 355. The molecule has 0 spiro atoms. The van der Waals surface area contributed by atoms with E-state index in [2.05, 4.69) is 5.32 Å². The van der Waals surface area contributed by atoms with Crippen LogP contribution in [0.4, 0.5) is 0 Å². The molecule has 0 aliphatic heterocycles. The van der Waals surface area contributed by atoms with Crippen molar-refractivity contribution in [2.45, 2.75) is 70.3 Å². The maximum atomic E-state index is 12.6. The second-order valence-electron chi connectivity index (χ2n) is 7.47. The van der Waals surface area contributed by atoms with Gasteiger partial charge in [-0.15, -0.1) is 12.4 Å². The second kappa shape index (κ2) is 8.51. The highest BCUT2D eigenvalue weighted by molar-refractivity contribution is 5.85. The topological polar surface area (TPSA) is 64.3 Å². The van der Waals surface area contributed by atoms with Crippen LogP contribution in [0.25, 0.3) is 0 Å². The van der Waals surface area contributed by atoms with Gasteiger partial charge in [0.1, 0.15) is 0 Å². The van der Waals surface area contributed by atoms with Crippen LogP contribution in [0.3, 0.4) is 0 Å². The number of carbonyl (C=O) groups excluding carboxylic acids is 1. The first kappa shape index (κ1) is 19.7. The van der Waals surface area contributed by atoms with Gasteiger partial charge in [0, 0.05) is 25.8 Å². The summed E-state index contributed by atoms with van der Waals surface area (Å²) >= 11 is 0. The predicted molar refractivity (Wildman–Crippen MR) is 92.2 cm³/mol. The van der Waals surface area contributed by atoms with Crippen molar-refractivity contribution in [3.8, 4) is 0 Å². The Morgan fingerprint density at radius 2 is 1.86 bits per heavy atom. The molecule has 2 unspecified atom stereocenters. The van der Waals surface area contributed by atoms with Crippen molar-refractivity contribution < 1.29 is 9.53 Å². The minimum atomic E-state index is -0.336. The Morgan fingerprint density at radius 1 is 1.23 bits per heavy atom. The number of nitrogens with two attached hydrogens (primary N) is 1. The molecule has 0 aromatic rings. The van der Waals surface area contributed by atoms with Gasteiger partial charge in [0.25, 0.3) is 0 Å². The highest BCUT2D eigenvalue weighted by Crippen LogP contribution is 2.41. The van der Waals surface area contributed by atoms with Crippen LogP contribution in [-0.2, 0) is 9.53 Å². The smallest absolute Gasteiger partial charge is 0.224 e. The Hall–Kier alpha value is -0.320. The number of methoxy groups -OCH3 is 1. The molecule has 2 aliphatic rings. The molecule has 0 aromatic carbocycles. The highest BCUT2D eigenvalue weighted by Gasteiger charge is 2.39. The van der Waals surface area contributed by atoms with Gasteiger partial charge in [-0.3, -0.25) is 4.79 Å². The molecule has 2 rings (SSSR count). The normalized spacial score (nSPS) is 30.6. The number of hydrogen-bond donors (Lipinski definition) is 2. The quantitative estimate of drug-likeness (QED) is 0.785. The fourth-order valence-electron chi connectivity index (χ4n) is 4.15. The monoisotopic (exact) mass is 332 g/mol. The van der Waals surface area contributed by atoms with Gasteiger partial charge in [0.05, 0.1) is 5.92 Å². The van der Waals surface area contributed by atoms with Crippen molar-refractivity contribution in [1.82, 2.24) is 5.32 Å². The van der Waals surface area contributed by atoms with E-state index in [1.54, 1.807) is 7.11 Å². The van der Waals surface area contributed by atoms with Gasteiger partial charge in [-0.05, 0) is 44.4 Å². The van der Waals surface area contributed by atoms with Crippen molar-refractivity contribution in [3.63, 3.8) is 0 Å². The first-order valence-corrected chi connectivity index (χ1v) is 8.55. The van der Waals surface area contributed by atoms with E-state index in [-0.39, 0.29) is 35.2 Å². The van der Waals surface area contributed by atoms with Gasteiger partial charge in [0.15, 0.2) is 0 Å². The second-order valence-corrected chi connectivity index (χ2v) is 7.47. The van der Waals surface area contributed by atoms with Gasteiger partial charge < -0.3 is 15.8 Å². The summed E-state index contributed by atoms with van der Waals surface area (Å²) in [5.41, 5.74) is 6.26. The zero-order chi connectivity index (χ0) is 15.3. The molecule has 0 bridgehead atoms. The molecular formula is C17H33ClN2O2. The highest BCUT2D eigenvalue weighted by atomic mass is 35.5. The summed E-state index contributed by atoms with van der Waals surface area (Å²) in [4.78, 5) is 12.6. The molecule has 1 amide bonds. The number of nitrogens with one attached hydrogen (secondary N) is 1. The molecule has 0 radical (unpaired) electrons. The molecule has 2 atom stereocenters.